The minimum absolute atomic E-state index is 0.0901. The molecule has 4 saturated carbocycles. The van der Waals surface area contributed by atoms with Crippen molar-refractivity contribution in [3.05, 3.63) is 29.3 Å². The molecule has 6 aliphatic rings. The van der Waals surface area contributed by atoms with E-state index >= 15 is 0 Å². The number of hydrogen-bond acceptors (Lipinski definition) is 5. The lowest BCUT2D eigenvalue weighted by molar-refractivity contribution is -0.136. The number of imide groups is 1. The lowest BCUT2D eigenvalue weighted by atomic mass is 9.53. The Morgan fingerprint density at radius 3 is 2.46 bits per heavy atom. The van der Waals surface area contributed by atoms with Crippen molar-refractivity contribution in [1.29, 1.82) is 0 Å². The molecule has 5 fully saturated rings. The highest BCUT2D eigenvalue weighted by atomic mass is 32.2. The maximum absolute atomic E-state index is 13.0. The first-order valence-corrected chi connectivity index (χ1v) is 14.6. The fourth-order valence-corrected chi connectivity index (χ4v) is 9.05. The van der Waals surface area contributed by atoms with E-state index in [0.29, 0.717) is 24.1 Å². The van der Waals surface area contributed by atoms with Crippen LogP contribution in [-0.4, -0.2) is 46.5 Å². The number of rotatable bonds is 9. The molecule has 4 aliphatic carbocycles. The zero-order valence-electron chi connectivity index (χ0n) is 20.5. The molecule has 4 bridgehead atoms. The van der Waals surface area contributed by atoms with Gasteiger partial charge in [0.25, 0.3) is 5.91 Å². The minimum Gasteiger partial charge on any atom is -0.322 e. The number of unbranched alkanes of at least 4 members (excludes halogenated alkanes) is 2. The van der Waals surface area contributed by atoms with Crippen molar-refractivity contribution in [2.24, 2.45) is 17.8 Å². The van der Waals surface area contributed by atoms with E-state index in [1.54, 1.807) is 4.90 Å². The topological polar surface area (TPSA) is 78.5 Å². The molecule has 2 aliphatic heterocycles. The van der Waals surface area contributed by atoms with E-state index < -0.39 is 6.04 Å². The average Bonchev–Trinajstić information content (AvgIpc) is 3.14. The second-order valence-corrected chi connectivity index (χ2v) is 12.9. The van der Waals surface area contributed by atoms with E-state index in [1.165, 1.54) is 57.8 Å². The van der Waals surface area contributed by atoms with Crippen LogP contribution < -0.4 is 10.6 Å². The Labute approximate surface area is 212 Å². The van der Waals surface area contributed by atoms with Crippen LogP contribution in [0.2, 0.25) is 0 Å². The number of fused-ring (bicyclic) bond motifs is 1. The first-order chi connectivity index (χ1) is 17.0. The van der Waals surface area contributed by atoms with Gasteiger partial charge in [-0.05, 0) is 106 Å². The third-order valence-electron chi connectivity index (χ3n) is 9.16. The number of amides is 3. The maximum Gasteiger partial charge on any atom is 0.255 e. The molecular weight excluding hydrogens is 458 g/mol. The second-order valence-electron chi connectivity index (χ2n) is 11.7. The van der Waals surface area contributed by atoms with Gasteiger partial charge in [0.05, 0.1) is 0 Å². The molecule has 7 rings (SSSR count). The Bertz CT molecular complexity index is 989. The van der Waals surface area contributed by atoms with Gasteiger partial charge in [0.15, 0.2) is 0 Å². The third kappa shape index (κ3) is 4.66. The summed E-state index contributed by atoms with van der Waals surface area (Å²) in [6.45, 7) is 1.60. The molecule has 0 spiro atoms. The lowest BCUT2D eigenvalue weighted by Crippen LogP contribution is -2.58. The Morgan fingerprint density at radius 1 is 1.00 bits per heavy atom. The van der Waals surface area contributed by atoms with E-state index in [0.717, 1.165) is 40.5 Å². The molecule has 188 valence electrons. The van der Waals surface area contributed by atoms with E-state index in [2.05, 4.69) is 16.7 Å². The van der Waals surface area contributed by atoms with Crippen LogP contribution in [0.25, 0.3) is 0 Å². The quantitative estimate of drug-likeness (QED) is 0.304. The monoisotopic (exact) mass is 495 g/mol. The van der Waals surface area contributed by atoms with Gasteiger partial charge in [0, 0.05) is 29.0 Å². The van der Waals surface area contributed by atoms with Crippen LogP contribution in [-0.2, 0) is 16.1 Å². The van der Waals surface area contributed by atoms with E-state index in [4.69, 9.17) is 0 Å². The predicted molar refractivity (Wildman–Crippen MR) is 136 cm³/mol. The van der Waals surface area contributed by atoms with Crippen LogP contribution in [0.3, 0.4) is 0 Å². The summed E-state index contributed by atoms with van der Waals surface area (Å²) in [5, 5.41) is 6.39. The van der Waals surface area contributed by atoms with Crippen molar-refractivity contribution < 1.29 is 14.4 Å². The van der Waals surface area contributed by atoms with Crippen molar-refractivity contribution in [2.45, 2.75) is 93.7 Å². The molecular formula is C28H37N3O3S. The van der Waals surface area contributed by atoms with Gasteiger partial charge in [0.2, 0.25) is 11.8 Å². The summed E-state index contributed by atoms with van der Waals surface area (Å²) in [7, 11) is 0. The summed E-state index contributed by atoms with van der Waals surface area (Å²) in [4.78, 5) is 39.6. The Kier molecular flexibility index (Phi) is 6.42. The largest absolute Gasteiger partial charge is 0.322 e. The van der Waals surface area contributed by atoms with Gasteiger partial charge < -0.3 is 10.2 Å². The zero-order chi connectivity index (χ0) is 24.0. The molecule has 0 radical (unpaired) electrons. The summed E-state index contributed by atoms with van der Waals surface area (Å²) in [5.74, 6) is 3.34. The normalized spacial score (nSPS) is 33.4. The third-order valence-corrected chi connectivity index (χ3v) is 10.3. The molecule has 1 aromatic carbocycles. The van der Waals surface area contributed by atoms with Gasteiger partial charge in [0.1, 0.15) is 6.04 Å². The average molecular weight is 496 g/mol. The number of nitrogens with zero attached hydrogens (tertiary/aromatic N) is 1. The highest BCUT2D eigenvalue weighted by Gasteiger charge is 2.50. The van der Waals surface area contributed by atoms with Crippen LogP contribution in [0.1, 0.15) is 86.6 Å². The van der Waals surface area contributed by atoms with E-state index in [1.807, 2.05) is 23.9 Å². The van der Waals surface area contributed by atoms with Crippen molar-refractivity contribution >= 4 is 29.5 Å². The number of thioether (sulfide) groups is 1. The maximum atomic E-state index is 13.0. The number of benzene rings is 1. The van der Waals surface area contributed by atoms with Gasteiger partial charge >= 0.3 is 0 Å². The van der Waals surface area contributed by atoms with Crippen LogP contribution in [0.4, 0.5) is 0 Å². The number of carbonyl (C=O) groups is 3. The molecule has 0 aromatic heterocycles. The van der Waals surface area contributed by atoms with Crippen LogP contribution in [0, 0.1) is 17.8 Å². The van der Waals surface area contributed by atoms with Crippen LogP contribution in [0.5, 0.6) is 0 Å². The van der Waals surface area contributed by atoms with Gasteiger partial charge in [-0.25, -0.2) is 0 Å². The van der Waals surface area contributed by atoms with Gasteiger partial charge in [-0.2, -0.15) is 0 Å². The Balaban J connectivity index is 0.959. The number of piperidine rings is 1. The molecule has 3 amide bonds. The SMILES string of the molecule is O=C1CCC(N2Cc3c(SCCCCCNC45CC6CC(CC(C6)C4)C5)cccc3C2=O)C(=O)N1. The fourth-order valence-electron chi connectivity index (χ4n) is 7.96. The molecule has 1 atom stereocenters. The number of nitrogens with one attached hydrogen (secondary N) is 2. The number of carbonyl (C=O) groups excluding carboxylic acids is 3. The second kappa shape index (κ2) is 9.55. The molecule has 1 saturated heterocycles. The number of hydrogen-bond donors (Lipinski definition) is 2. The van der Waals surface area contributed by atoms with E-state index in [-0.39, 0.29) is 24.1 Å². The predicted octanol–water partition coefficient (Wildman–Crippen LogP) is 4.27. The molecule has 1 unspecified atom stereocenters. The molecule has 7 heteroatoms. The van der Waals surface area contributed by atoms with Crippen molar-refractivity contribution in [2.75, 3.05) is 12.3 Å². The molecule has 35 heavy (non-hydrogen) atoms. The van der Waals surface area contributed by atoms with E-state index in [9.17, 15) is 14.4 Å². The van der Waals surface area contributed by atoms with Gasteiger partial charge in [-0.1, -0.05) is 12.5 Å². The lowest BCUT2D eigenvalue weighted by Gasteiger charge is -2.57. The van der Waals surface area contributed by atoms with Crippen molar-refractivity contribution in [1.82, 2.24) is 15.5 Å². The van der Waals surface area contributed by atoms with Crippen molar-refractivity contribution in [3.8, 4) is 0 Å². The first-order valence-electron chi connectivity index (χ1n) is 13.6. The Hall–Kier alpha value is -1.86. The highest BCUT2D eigenvalue weighted by molar-refractivity contribution is 7.99. The zero-order valence-corrected chi connectivity index (χ0v) is 21.3. The summed E-state index contributed by atoms with van der Waals surface area (Å²) in [6.07, 6.45) is 13.1. The Morgan fingerprint density at radius 2 is 1.74 bits per heavy atom. The van der Waals surface area contributed by atoms with Gasteiger partial charge in [-0.15, -0.1) is 11.8 Å². The first kappa shape index (κ1) is 23.5. The van der Waals surface area contributed by atoms with Crippen molar-refractivity contribution in [3.63, 3.8) is 0 Å². The standard InChI is InChI=1S/C28H37N3O3S/c32-25-8-7-23(26(33)30-25)31-17-22-21(27(31)34)5-4-6-24(22)35-10-3-1-2-9-29-28-14-18-11-19(15-28)13-20(12-18)16-28/h4-6,18-20,23,29H,1-3,7-17H2,(H,30,32,33). The summed E-state index contributed by atoms with van der Waals surface area (Å²) in [5.41, 5.74) is 2.21. The molecule has 1 aromatic rings. The van der Waals surface area contributed by atoms with Crippen LogP contribution in [0.15, 0.2) is 23.1 Å². The molecule has 2 N–H and O–H groups in total. The molecule has 2 heterocycles. The molecule has 6 nitrogen and oxygen atoms in total. The van der Waals surface area contributed by atoms with Gasteiger partial charge in [-0.3, -0.25) is 19.7 Å². The van der Waals surface area contributed by atoms with Crippen LogP contribution >= 0.6 is 11.8 Å². The fraction of sp³-hybridized carbons (Fsp3) is 0.679. The summed E-state index contributed by atoms with van der Waals surface area (Å²) in [6, 6.07) is 5.36. The highest BCUT2D eigenvalue weighted by Crippen LogP contribution is 2.55. The summed E-state index contributed by atoms with van der Waals surface area (Å²) >= 11 is 1.83. The smallest absolute Gasteiger partial charge is 0.255 e. The minimum atomic E-state index is -0.549. The summed E-state index contributed by atoms with van der Waals surface area (Å²) < 4.78 is 0.